The third-order valence-electron chi connectivity index (χ3n) is 4.36. The van der Waals surface area contributed by atoms with Gasteiger partial charge in [0.05, 0.1) is 5.69 Å². The van der Waals surface area contributed by atoms with Gasteiger partial charge in [0.15, 0.2) is 0 Å². The minimum Gasteiger partial charge on any atom is -0.370 e. The number of anilines is 3. The van der Waals surface area contributed by atoms with E-state index < -0.39 is 0 Å². The van der Waals surface area contributed by atoms with Crippen LogP contribution >= 0.6 is 0 Å². The molecule has 0 fully saturated rings. The summed E-state index contributed by atoms with van der Waals surface area (Å²) in [5.41, 5.74) is 5.40. The first-order valence-electron chi connectivity index (χ1n) is 9.68. The highest BCUT2D eigenvalue weighted by Gasteiger charge is 2.08. The van der Waals surface area contributed by atoms with Gasteiger partial charge in [0.25, 0.3) is 0 Å². The molecule has 1 heterocycles. The van der Waals surface area contributed by atoms with Crippen LogP contribution in [0.25, 0.3) is 11.3 Å². The van der Waals surface area contributed by atoms with Crippen LogP contribution in [0.1, 0.15) is 17.5 Å². The lowest BCUT2D eigenvalue weighted by molar-refractivity contribution is 0.405. The minimum absolute atomic E-state index is 0.599. The van der Waals surface area contributed by atoms with Crippen molar-refractivity contribution in [2.75, 3.05) is 37.8 Å². The Morgan fingerprint density at radius 2 is 1.61 bits per heavy atom. The maximum Gasteiger partial charge on any atom is 0.229 e. The van der Waals surface area contributed by atoms with Crippen LogP contribution in [0.4, 0.5) is 17.5 Å². The summed E-state index contributed by atoms with van der Waals surface area (Å²) in [7, 11) is 4.17. The third-order valence-corrected chi connectivity index (χ3v) is 4.36. The topological polar surface area (TPSA) is 53.1 Å². The van der Waals surface area contributed by atoms with Crippen molar-refractivity contribution in [2.24, 2.45) is 0 Å². The van der Waals surface area contributed by atoms with Crippen LogP contribution < -0.4 is 10.6 Å². The van der Waals surface area contributed by atoms with Crippen LogP contribution in [0.5, 0.6) is 0 Å². The second-order valence-corrected chi connectivity index (χ2v) is 7.41. The molecule has 0 saturated heterocycles. The first kappa shape index (κ1) is 19.8. The number of hydrogen-bond donors (Lipinski definition) is 2. The van der Waals surface area contributed by atoms with Gasteiger partial charge in [-0.3, -0.25) is 0 Å². The van der Waals surface area contributed by atoms with E-state index in [1.165, 1.54) is 11.1 Å². The van der Waals surface area contributed by atoms with E-state index in [2.05, 4.69) is 78.8 Å². The van der Waals surface area contributed by atoms with Crippen molar-refractivity contribution in [2.45, 2.75) is 20.3 Å². The number of aromatic nitrogens is 2. The largest absolute Gasteiger partial charge is 0.370 e. The molecule has 0 radical (unpaired) electrons. The molecule has 0 atom stereocenters. The standard InChI is InChI=1S/C23H29N5/c1-17-13-18(2)15-20(14-17)25-23-26-21(19-9-6-5-7-10-19)16-22(27-23)24-11-8-12-28(3)4/h5-7,9-10,13-16H,8,11-12H2,1-4H3,(H2,24,25,26,27). The summed E-state index contributed by atoms with van der Waals surface area (Å²) in [6.07, 6.45) is 1.05. The molecule has 0 saturated carbocycles. The van der Waals surface area contributed by atoms with Crippen molar-refractivity contribution in [1.82, 2.24) is 14.9 Å². The number of rotatable bonds is 8. The molecule has 28 heavy (non-hydrogen) atoms. The van der Waals surface area contributed by atoms with E-state index in [0.29, 0.717) is 5.95 Å². The predicted molar refractivity (Wildman–Crippen MR) is 118 cm³/mol. The van der Waals surface area contributed by atoms with E-state index in [1.807, 2.05) is 24.3 Å². The number of hydrogen-bond acceptors (Lipinski definition) is 5. The van der Waals surface area contributed by atoms with Crippen molar-refractivity contribution < 1.29 is 0 Å². The van der Waals surface area contributed by atoms with Gasteiger partial charge in [0, 0.05) is 23.9 Å². The molecule has 0 spiro atoms. The molecule has 2 aromatic carbocycles. The molecule has 5 nitrogen and oxygen atoms in total. The van der Waals surface area contributed by atoms with E-state index in [4.69, 9.17) is 4.98 Å². The zero-order valence-electron chi connectivity index (χ0n) is 17.2. The highest BCUT2D eigenvalue weighted by molar-refractivity contribution is 5.66. The fraction of sp³-hybridized carbons (Fsp3) is 0.304. The van der Waals surface area contributed by atoms with E-state index in [1.54, 1.807) is 0 Å². The van der Waals surface area contributed by atoms with E-state index in [0.717, 1.165) is 42.3 Å². The molecular weight excluding hydrogens is 346 g/mol. The van der Waals surface area contributed by atoms with Gasteiger partial charge in [0.1, 0.15) is 5.82 Å². The average Bonchev–Trinajstić information content (AvgIpc) is 2.65. The number of nitrogens with zero attached hydrogens (tertiary/aromatic N) is 3. The lowest BCUT2D eigenvalue weighted by atomic mass is 10.1. The molecule has 0 aliphatic heterocycles. The Bertz CT molecular complexity index is 886. The summed E-state index contributed by atoms with van der Waals surface area (Å²) < 4.78 is 0. The molecule has 0 aliphatic rings. The van der Waals surface area contributed by atoms with E-state index >= 15 is 0 Å². The van der Waals surface area contributed by atoms with Gasteiger partial charge in [-0.2, -0.15) is 4.98 Å². The zero-order valence-corrected chi connectivity index (χ0v) is 17.2. The summed E-state index contributed by atoms with van der Waals surface area (Å²) in [6.45, 7) is 6.10. The number of aryl methyl sites for hydroxylation is 2. The lowest BCUT2D eigenvalue weighted by Gasteiger charge is -2.13. The Hall–Kier alpha value is -2.92. The molecule has 0 bridgehead atoms. The highest BCUT2D eigenvalue weighted by atomic mass is 15.1. The average molecular weight is 376 g/mol. The molecule has 3 aromatic rings. The van der Waals surface area contributed by atoms with Gasteiger partial charge in [0.2, 0.25) is 5.95 Å². The lowest BCUT2D eigenvalue weighted by Crippen LogP contribution is -2.16. The molecule has 146 valence electrons. The fourth-order valence-corrected chi connectivity index (χ4v) is 3.14. The van der Waals surface area contributed by atoms with Crippen molar-refractivity contribution in [3.63, 3.8) is 0 Å². The summed E-state index contributed by atoms with van der Waals surface area (Å²) in [4.78, 5) is 11.6. The number of nitrogens with one attached hydrogen (secondary N) is 2. The van der Waals surface area contributed by atoms with Crippen LogP contribution in [0.2, 0.25) is 0 Å². The van der Waals surface area contributed by atoms with Crippen molar-refractivity contribution in [3.05, 3.63) is 65.7 Å². The third kappa shape index (κ3) is 5.79. The van der Waals surface area contributed by atoms with Crippen molar-refractivity contribution in [3.8, 4) is 11.3 Å². The Labute approximate surface area is 167 Å². The van der Waals surface area contributed by atoms with Crippen LogP contribution in [-0.2, 0) is 0 Å². The van der Waals surface area contributed by atoms with Crippen LogP contribution in [0.3, 0.4) is 0 Å². The van der Waals surface area contributed by atoms with E-state index in [-0.39, 0.29) is 0 Å². The van der Waals surface area contributed by atoms with Gasteiger partial charge in [-0.1, -0.05) is 36.4 Å². The Morgan fingerprint density at radius 3 is 2.29 bits per heavy atom. The maximum atomic E-state index is 4.74. The predicted octanol–water partition coefficient (Wildman–Crippen LogP) is 4.87. The molecular formula is C23H29N5. The summed E-state index contributed by atoms with van der Waals surface area (Å²) in [5, 5.41) is 6.82. The molecule has 1 aromatic heterocycles. The smallest absolute Gasteiger partial charge is 0.229 e. The second-order valence-electron chi connectivity index (χ2n) is 7.41. The monoisotopic (exact) mass is 375 g/mol. The number of benzene rings is 2. The first-order chi connectivity index (χ1) is 13.5. The van der Waals surface area contributed by atoms with Gasteiger partial charge in [-0.15, -0.1) is 0 Å². The van der Waals surface area contributed by atoms with Gasteiger partial charge in [-0.05, 0) is 64.2 Å². The quantitative estimate of drug-likeness (QED) is 0.550. The minimum atomic E-state index is 0.599. The first-order valence-corrected chi connectivity index (χ1v) is 9.68. The summed E-state index contributed by atoms with van der Waals surface area (Å²) >= 11 is 0. The zero-order chi connectivity index (χ0) is 19.9. The van der Waals surface area contributed by atoms with Crippen LogP contribution in [0.15, 0.2) is 54.6 Å². The summed E-state index contributed by atoms with van der Waals surface area (Å²) in [6, 6.07) is 18.6. The van der Waals surface area contributed by atoms with E-state index in [9.17, 15) is 0 Å². The Balaban J connectivity index is 1.86. The van der Waals surface area contributed by atoms with Crippen LogP contribution in [0, 0.1) is 13.8 Å². The molecule has 3 rings (SSSR count). The molecule has 0 amide bonds. The van der Waals surface area contributed by atoms with Gasteiger partial charge >= 0.3 is 0 Å². The Kier molecular flexibility index (Phi) is 6.61. The normalized spacial score (nSPS) is 10.9. The van der Waals surface area contributed by atoms with Gasteiger partial charge in [-0.25, -0.2) is 4.98 Å². The maximum absolute atomic E-state index is 4.74. The SMILES string of the molecule is Cc1cc(C)cc(Nc2nc(NCCCN(C)C)cc(-c3ccccc3)n2)c1. The highest BCUT2D eigenvalue weighted by Crippen LogP contribution is 2.24. The fourth-order valence-electron chi connectivity index (χ4n) is 3.14. The van der Waals surface area contributed by atoms with Crippen LogP contribution in [-0.4, -0.2) is 42.1 Å². The summed E-state index contributed by atoms with van der Waals surface area (Å²) in [5.74, 6) is 1.43. The molecule has 0 aliphatic carbocycles. The van der Waals surface area contributed by atoms with Gasteiger partial charge < -0.3 is 15.5 Å². The second kappa shape index (κ2) is 9.33. The molecule has 2 N–H and O–H groups in total. The Morgan fingerprint density at radius 1 is 0.893 bits per heavy atom. The molecule has 0 unspecified atom stereocenters. The van der Waals surface area contributed by atoms with Crippen molar-refractivity contribution >= 4 is 17.5 Å². The molecule has 5 heteroatoms. The van der Waals surface area contributed by atoms with Crippen molar-refractivity contribution in [1.29, 1.82) is 0 Å².